The molecule has 25 heavy (non-hydrogen) atoms. The van der Waals surface area contributed by atoms with E-state index in [0.29, 0.717) is 23.6 Å². The summed E-state index contributed by atoms with van der Waals surface area (Å²) in [4.78, 5) is 16.1. The van der Waals surface area contributed by atoms with E-state index in [-0.39, 0.29) is 12.5 Å². The van der Waals surface area contributed by atoms with Gasteiger partial charge >= 0.3 is 6.18 Å². The van der Waals surface area contributed by atoms with E-state index in [1.54, 1.807) is 30.5 Å². The fourth-order valence-electron chi connectivity index (χ4n) is 1.99. The quantitative estimate of drug-likeness (QED) is 0.830. The number of hydrogen-bond donors (Lipinski definition) is 1. The van der Waals surface area contributed by atoms with Gasteiger partial charge in [0.05, 0.1) is 13.7 Å². The Kier molecular flexibility index (Phi) is 6.35. The van der Waals surface area contributed by atoms with Crippen molar-refractivity contribution in [3.8, 4) is 5.88 Å². The van der Waals surface area contributed by atoms with Crippen molar-refractivity contribution in [1.29, 1.82) is 0 Å². The van der Waals surface area contributed by atoms with Crippen LogP contribution in [0.4, 0.5) is 13.2 Å². The lowest BCUT2D eigenvalue weighted by atomic mass is 10.1. The Labute approximate surface area is 142 Å². The first kappa shape index (κ1) is 18.7. The number of ether oxygens (including phenoxy) is 2. The molecule has 5 nitrogen and oxygen atoms in total. The first-order valence-electron chi connectivity index (χ1n) is 7.38. The van der Waals surface area contributed by atoms with E-state index in [9.17, 15) is 18.0 Å². The molecule has 0 saturated carbocycles. The van der Waals surface area contributed by atoms with Gasteiger partial charge in [0.1, 0.15) is 6.61 Å². The number of nitrogens with one attached hydrogen (secondary N) is 1. The lowest BCUT2D eigenvalue weighted by molar-refractivity contribution is -0.176. The number of rotatable bonds is 7. The van der Waals surface area contributed by atoms with Crippen LogP contribution < -0.4 is 10.1 Å². The molecule has 1 heterocycles. The first-order valence-corrected chi connectivity index (χ1v) is 7.38. The van der Waals surface area contributed by atoms with Crippen molar-refractivity contribution in [1.82, 2.24) is 10.3 Å². The molecule has 0 fully saturated rings. The Bertz CT molecular complexity index is 703. The summed E-state index contributed by atoms with van der Waals surface area (Å²) in [5.74, 6) is 0.161. The Morgan fingerprint density at radius 1 is 1.16 bits per heavy atom. The van der Waals surface area contributed by atoms with Crippen molar-refractivity contribution in [3.05, 3.63) is 59.3 Å². The monoisotopic (exact) mass is 354 g/mol. The van der Waals surface area contributed by atoms with Crippen LogP contribution in [0.2, 0.25) is 0 Å². The van der Waals surface area contributed by atoms with Gasteiger partial charge in [-0.05, 0) is 29.3 Å². The first-order chi connectivity index (χ1) is 11.9. The largest absolute Gasteiger partial charge is 0.481 e. The number of benzene rings is 1. The Hall–Kier alpha value is -2.61. The second kappa shape index (κ2) is 8.48. The zero-order valence-corrected chi connectivity index (χ0v) is 13.5. The van der Waals surface area contributed by atoms with Gasteiger partial charge < -0.3 is 14.8 Å². The summed E-state index contributed by atoms with van der Waals surface area (Å²) in [6, 6.07) is 9.65. The smallest absolute Gasteiger partial charge is 0.411 e. The predicted octanol–water partition coefficient (Wildman–Crippen LogP) is 3.10. The molecule has 8 heteroatoms. The van der Waals surface area contributed by atoms with Crippen LogP contribution in [0.25, 0.3) is 0 Å². The molecule has 0 spiro atoms. The molecule has 1 aromatic heterocycles. The zero-order valence-electron chi connectivity index (χ0n) is 13.5. The van der Waals surface area contributed by atoms with Crippen molar-refractivity contribution in [2.45, 2.75) is 19.3 Å². The molecule has 134 valence electrons. The fraction of sp³-hybridized carbons (Fsp3) is 0.294. The van der Waals surface area contributed by atoms with Gasteiger partial charge in [-0.2, -0.15) is 13.2 Å². The van der Waals surface area contributed by atoms with Crippen molar-refractivity contribution in [2.75, 3.05) is 13.7 Å². The molecule has 0 radical (unpaired) electrons. The molecule has 0 aliphatic carbocycles. The van der Waals surface area contributed by atoms with Gasteiger partial charge in [0.15, 0.2) is 0 Å². The second-order valence-corrected chi connectivity index (χ2v) is 5.19. The number of aromatic nitrogens is 1. The van der Waals surface area contributed by atoms with Crippen molar-refractivity contribution >= 4 is 5.91 Å². The molecule has 0 unspecified atom stereocenters. The predicted molar refractivity (Wildman–Crippen MR) is 84.1 cm³/mol. The van der Waals surface area contributed by atoms with Gasteiger partial charge in [0.2, 0.25) is 5.88 Å². The summed E-state index contributed by atoms with van der Waals surface area (Å²) in [5, 5.41) is 2.75. The number of hydrogen-bond acceptors (Lipinski definition) is 4. The Morgan fingerprint density at radius 3 is 2.52 bits per heavy atom. The maximum Gasteiger partial charge on any atom is 0.411 e. The van der Waals surface area contributed by atoms with Crippen molar-refractivity contribution in [3.63, 3.8) is 0 Å². The third kappa shape index (κ3) is 6.42. The lowest BCUT2D eigenvalue weighted by Gasteiger charge is -2.09. The van der Waals surface area contributed by atoms with Gasteiger partial charge in [-0.1, -0.05) is 12.1 Å². The van der Waals surface area contributed by atoms with Crippen LogP contribution >= 0.6 is 0 Å². The van der Waals surface area contributed by atoms with Gasteiger partial charge in [-0.15, -0.1) is 0 Å². The zero-order chi connectivity index (χ0) is 18.3. The maximum atomic E-state index is 12.1. The Balaban J connectivity index is 1.85. The van der Waals surface area contributed by atoms with Crippen LogP contribution in [0.1, 0.15) is 21.5 Å². The van der Waals surface area contributed by atoms with E-state index in [2.05, 4.69) is 15.0 Å². The molecule has 0 aliphatic rings. The summed E-state index contributed by atoms with van der Waals surface area (Å²) in [6.07, 6.45) is -2.77. The molecular formula is C17H17F3N2O3. The fourth-order valence-corrected chi connectivity index (χ4v) is 1.99. The average molecular weight is 354 g/mol. The third-order valence-corrected chi connectivity index (χ3v) is 3.21. The van der Waals surface area contributed by atoms with Gasteiger partial charge in [-0.3, -0.25) is 4.79 Å². The normalized spacial score (nSPS) is 11.2. The Morgan fingerprint density at radius 2 is 1.88 bits per heavy atom. The highest BCUT2D eigenvalue weighted by Crippen LogP contribution is 2.16. The standard InChI is InChI=1S/C17H17F3N2O3/c1-24-15-8-13(6-7-21-15)9-22-16(23)14-4-2-12(3-5-14)10-25-11-17(18,19)20/h2-8H,9-11H2,1H3,(H,22,23). The maximum absolute atomic E-state index is 12.1. The number of carbonyl (C=O) groups excluding carboxylic acids is 1. The van der Waals surface area contributed by atoms with Crippen LogP contribution in [0.5, 0.6) is 5.88 Å². The number of nitrogens with zero attached hydrogens (tertiary/aromatic N) is 1. The van der Waals surface area contributed by atoms with Crippen LogP contribution in [0.3, 0.4) is 0 Å². The minimum absolute atomic E-state index is 0.168. The molecule has 0 aliphatic heterocycles. The van der Waals surface area contributed by atoms with E-state index in [1.165, 1.54) is 19.2 Å². The number of halogens is 3. The third-order valence-electron chi connectivity index (χ3n) is 3.21. The van der Waals surface area contributed by atoms with E-state index in [1.807, 2.05) is 0 Å². The molecule has 1 amide bonds. The molecule has 0 bridgehead atoms. The number of alkyl halides is 3. The SMILES string of the molecule is COc1cc(CNC(=O)c2ccc(COCC(F)(F)F)cc2)ccn1. The number of pyridine rings is 1. The highest BCUT2D eigenvalue weighted by Gasteiger charge is 2.27. The van der Waals surface area contributed by atoms with Crippen LogP contribution in [-0.4, -0.2) is 30.8 Å². The topological polar surface area (TPSA) is 60.5 Å². The molecule has 1 N–H and O–H groups in total. The minimum Gasteiger partial charge on any atom is -0.481 e. The van der Waals surface area contributed by atoms with E-state index in [0.717, 1.165) is 5.56 Å². The van der Waals surface area contributed by atoms with Gasteiger partial charge in [0.25, 0.3) is 5.91 Å². The average Bonchev–Trinajstić information content (AvgIpc) is 2.59. The minimum atomic E-state index is -4.35. The summed E-state index contributed by atoms with van der Waals surface area (Å²) in [7, 11) is 1.50. The highest BCUT2D eigenvalue weighted by molar-refractivity contribution is 5.94. The van der Waals surface area contributed by atoms with Gasteiger partial charge in [-0.25, -0.2) is 4.98 Å². The van der Waals surface area contributed by atoms with E-state index < -0.39 is 12.8 Å². The molecule has 0 atom stereocenters. The van der Waals surface area contributed by atoms with Crippen LogP contribution in [-0.2, 0) is 17.9 Å². The van der Waals surface area contributed by atoms with Crippen LogP contribution in [0.15, 0.2) is 42.6 Å². The van der Waals surface area contributed by atoms with Crippen LogP contribution in [0, 0.1) is 0 Å². The lowest BCUT2D eigenvalue weighted by Crippen LogP contribution is -2.22. The molecule has 0 saturated heterocycles. The molecular weight excluding hydrogens is 337 g/mol. The van der Waals surface area contributed by atoms with E-state index in [4.69, 9.17) is 4.74 Å². The highest BCUT2D eigenvalue weighted by atomic mass is 19.4. The van der Waals surface area contributed by atoms with Crippen molar-refractivity contribution < 1.29 is 27.4 Å². The van der Waals surface area contributed by atoms with E-state index >= 15 is 0 Å². The molecule has 1 aromatic carbocycles. The molecule has 2 rings (SSSR count). The number of amides is 1. The summed E-state index contributed by atoms with van der Waals surface area (Å²) in [5.41, 5.74) is 1.79. The summed E-state index contributed by atoms with van der Waals surface area (Å²) in [6.45, 7) is -1.17. The van der Waals surface area contributed by atoms with Crippen molar-refractivity contribution in [2.24, 2.45) is 0 Å². The number of carbonyl (C=O) groups is 1. The van der Waals surface area contributed by atoms with Gasteiger partial charge in [0, 0.05) is 24.4 Å². The second-order valence-electron chi connectivity index (χ2n) is 5.19. The number of methoxy groups -OCH3 is 1. The summed E-state index contributed by atoms with van der Waals surface area (Å²) < 4.78 is 45.6. The summed E-state index contributed by atoms with van der Waals surface area (Å²) >= 11 is 0. The molecule has 2 aromatic rings.